The van der Waals surface area contributed by atoms with Crippen LogP contribution in [-0.2, 0) is 21.1 Å². The fourth-order valence-electron chi connectivity index (χ4n) is 3.30. The van der Waals surface area contributed by atoms with Crippen molar-refractivity contribution in [2.24, 2.45) is 11.8 Å². The highest BCUT2D eigenvalue weighted by atomic mass is 32.2. The molecule has 7 nitrogen and oxygen atoms in total. The molecule has 3 rings (SSSR count). The molecule has 9 heteroatoms. The van der Waals surface area contributed by atoms with Gasteiger partial charge in [-0.1, -0.05) is 11.8 Å². The molecule has 1 aliphatic rings. The van der Waals surface area contributed by atoms with Crippen LogP contribution in [-0.4, -0.2) is 47.2 Å². The van der Waals surface area contributed by atoms with E-state index in [0.717, 1.165) is 34.9 Å². The minimum Gasteiger partial charge on any atom is -0.396 e. The topological polar surface area (TPSA) is 117 Å². The van der Waals surface area contributed by atoms with Crippen molar-refractivity contribution in [1.29, 1.82) is 0 Å². The molecular formula is C22H24N2O5S2. The van der Waals surface area contributed by atoms with Crippen LogP contribution in [0, 0.1) is 35.5 Å². The third-order valence-corrected chi connectivity index (χ3v) is 8.93. The molecule has 0 aliphatic heterocycles. The summed E-state index contributed by atoms with van der Waals surface area (Å²) in [6.45, 7) is 1.47. The van der Waals surface area contributed by atoms with Crippen LogP contribution in [0.25, 0.3) is 10.2 Å². The number of rotatable bonds is 6. The average molecular weight is 461 g/mol. The van der Waals surface area contributed by atoms with Crippen molar-refractivity contribution in [2.45, 2.75) is 37.4 Å². The number of amides is 1. The second-order valence-corrected chi connectivity index (χ2v) is 11.4. The van der Waals surface area contributed by atoms with E-state index < -0.39 is 20.5 Å². The maximum Gasteiger partial charge on any atom is 0.264 e. The highest BCUT2D eigenvalue weighted by molar-refractivity contribution is 7.92. The molecule has 1 aromatic heterocycles. The summed E-state index contributed by atoms with van der Waals surface area (Å²) in [4.78, 5) is 16.5. The standard InChI is InChI=1S/C22H24N2O5S2/c1-22(21(26)24-27,31(2,28)29)12-11-20-23-18-10-7-15(13-19(18)30-20)5-3-4-6-16-8-9-17(16)14-25/h7,10,13,16-17,25,27H,8-9,11-12,14H2,1-2H3,(H,24,26)/t16-,17+,22-/m1/s1. The van der Waals surface area contributed by atoms with Gasteiger partial charge >= 0.3 is 0 Å². The Labute approximate surface area is 185 Å². The first-order chi connectivity index (χ1) is 14.7. The Morgan fingerprint density at radius 1 is 1.35 bits per heavy atom. The molecular weight excluding hydrogens is 436 g/mol. The summed E-state index contributed by atoms with van der Waals surface area (Å²) in [6.07, 6.45) is 3.27. The molecule has 2 aromatic rings. The predicted molar refractivity (Wildman–Crippen MR) is 119 cm³/mol. The van der Waals surface area contributed by atoms with Gasteiger partial charge in [0.15, 0.2) is 9.84 Å². The largest absolute Gasteiger partial charge is 0.396 e. The van der Waals surface area contributed by atoms with Gasteiger partial charge < -0.3 is 5.11 Å². The highest BCUT2D eigenvalue weighted by Crippen LogP contribution is 2.33. The molecule has 1 amide bonds. The van der Waals surface area contributed by atoms with Crippen molar-refractivity contribution in [3.63, 3.8) is 0 Å². The number of hydrogen-bond donors (Lipinski definition) is 3. The maximum atomic E-state index is 12.1. The van der Waals surface area contributed by atoms with Gasteiger partial charge in [-0.15, -0.1) is 11.3 Å². The zero-order valence-corrected chi connectivity index (χ0v) is 18.9. The highest BCUT2D eigenvalue weighted by Gasteiger charge is 2.43. The van der Waals surface area contributed by atoms with Crippen molar-refractivity contribution < 1.29 is 23.5 Å². The van der Waals surface area contributed by atoms with Gasteiger partial charge in [0.1, 0.15) is 4.75 Å². The smallest absolute Gasteiger partial charge is 0.264 e. The van der Waals surface area contributed by atoms with E-state index in [4.69, 9.17) is 5.21 Å². The second kappa shape index (κ2) is 9.37. The summed E-state index contributed by atoms with van der Waals surface area (Å²) < 4.78 is 23.3. The molecule has 0 spiro atoms. The minimum atomic E-state index is -3.75. The number of thiazole rings is 1. The zero-order valence-electron chi connectivity index (χ0n) is 17.3. The van der Waals surface area contributed by atoms with E-state index in [0.29, 0.717) is 5.01 Å². The van der Waals surface area contributed by atoms with E-state index >= 15 is 0 Å². The van der Waals surface area contributed by atoms with Crippen LogP contribution in [0.2, 0.25) is 0 Å². The number of aryl methyl sites for hydroxylation is 1. The number of aliphatic hydroxyl groups is 1. The van der Waals surface area contributed by atoms with Gasteiger partial charge in [0.2, 0.25) is 0 Å². The lowest BCUT2D eigenvalue weighted by molar-refractivity contribution is -0.131. The Hall–Kier alpha value is -2.43. The zero-order chi connectivity index (χ0) is 22.6. The van der Waals surface area contributed by atoms with Crippen LogP contribution in [0.5, 0.6) is 0 Å². The number of fused-ring (bicyclic) bond motifs is 1. The van der Waals surface area contributed by atoms with Crippen molar-refractivity contribution in [2.75, 3.05) is 12.9 Å². The van der Waals surface area contributed by atoms with E-state index in [1.807, 2.05) is 18.2 Å². The first-order valence-electron chi connectivity index (χ1n) is 9.84. The van der Waals surface area contributed by atoms with Crippen LogP contribution in [0.3, 0.4) is 0 Å². The number of carbonyl (C=O) groups is 1. The van der Waals surface area contributed by atoms with E-state index in [2.05, 4.69) is 28.7 Å². The molecule has 3 atom stereocenters. The van der Waals surface area contributed by atoms with E-state index in [9.17, 15) is 18.3 Å². The molecule has 1 saturated carbocycles. The van der Waals surface area contributed by atoms with Crippen LogP contribution in [0.4, 0.5) is 0 Å². The van der Waals surface area contributed by atoms with Gasteiger partial charge in [0, 0.05) is 30.8 Å². The fraction of sp³-hybridized carbons (Fsp3) is 0.455. The van der Waals surface area contributed by atoms with Gasteiger partial charge in [-0.2, -0.15) is 0 Å². The van der Waals surface area contributed by atoms with Crippen LogP contribution >= 0.6 is 11.3 Å². The van der Waals surface area contributed by atoms with Crippen LogP contribution in [0.15, 0.2) is 18.2 Å². The number of aliphatic hydroxyl groups excluding tert-OH is 1. The normalized spacial score (nSPS) is 19.9. The van der Waals surface area contributed by atoms with Crippen LogP contribution < -0.4 is 5.48 Å². The van der Waals surface area contributed by atoms with Gasteiger partial charge in [-0.05, 0) is 62.1 Å². The molecule has 31 heavy (non-hydrogen) atoms. The number of hydrogen-bond acceptors (Lipinski definition) is 7. The van der Waals surface area contributed by atoms with Crippen LogP contribution in [0.1, 0.15) is 36.8 Å². The molecule has 0 radical (unpaired) electrons. The molecule has 0 bridgehead atoms. The summed E-state index contributed by atoms with van der Waals surface area (Å²) in [6, 6.07) is 5.60. The fourth-order valence-corrected chi connectivity index (χ4v) is 5.16. The summed E-state index contributed by atoms with van der Waals surface area (Å²) >= 11 is 1.41. The van der Waals surface area contributed by atoms with Gasteiger partial charge in [-0.25, -0.2) is 18.9 Å². The molecule has 164 valence electrons. The lowest BCUT2D eigenvalue weighted by atomic mass is 9.75. The molecule has 1 aliphatic carbocycles. The molecule has 1 heterocycles. The molecule has 0 saturated heterocycles. The van der Waals surface area contributed by atoms with E-state index in [1.54, 1.807) is 0 Å². The maximum absolute atomic E-state index is 12.1. The number of aromatic nitrogens is 1. The Bertz CT molecular complexity index is 1210. The molecule has 3 N–H and O–H groups in total. The monoisotopic (exact) mass is 460 g/mol. The number of nitrogens with one attached hydrogen (secondary N) is 1. The second-order valence-electron chi connectivity index (χ2n) is 7.88. The lowest BCUT2D eigenvalue weighted by Crippen LogP contribution is -2.49. The van der Waals surface area contributed by atoms with Gasteiger partial charge in [-0.3, -0.25) is 10.0 Å². The molecule has 1 aromatic carbocycles. The summed E-state index contributed by atoms with van der Waals surface area (Å²) in [5, 5.41) is 18.8. The first kappa shape index (κ1) is 23.2. The Morgan fingerprint density at radius 3 is 2.74 bits per heavy atom. The Balaban J connectivity index is 1.72. The number of hydroxylamine groups is 1. The third kappa shape index (κ3) is 5.08. The number of sulfone groups is 1. The number of nitrogens with zero attached hydrogens (tertiary/aromatic N) is 1. The minimum absolute atomic E-state index is 0.00367. The molecule has 1 fully saturated rings. The molecule has 0 unspecified atom stereocenters. The van der Waals surface area contributed by atoms with E-state index in [-0.39, 0.29) is 31.3 Å². The third-order valence-electron chi connectivity index (χ3n) is 5.83. The van der Waals surface area contributed by atoms with Crippen molar-refractivity contribution in [3.8, 4) is 23.7 Å². The summed E-state index contributed by atoms with van der Waals surface area (Å²) in [5.74, 6) is 11.4. The van der Waals surface area contributed by atoms with Crippen molar-refractivity contribution >= 4 is 37.3 Å². The van der Waals surface area contributed by atoms with Crippen molar-refractivity contribution in [3.05, 3.63) is 28.8 Å². The van der Waals surface area contributed by atoms with Crippen molar-refractivity contribution in [1.82, 2.24) is 10.5 Å². The average Bonchev–Trinajstić information content (AvgIpc) is 3.12. The predicted octanol–water partition coefficient (Wildman–Crippen LogP) is 1.91. The summed E-state index contributed by atoms with van der Waals surface area (Å²) in [5.41, 5.74) is 3.02. The Kier molecular flexibility index (Phi) is 7.03. The SMILES string of the molecule is C[C@@](CCc1nc2ccc(C#CC#C[C@@H]3CC[C@H]3CO)cc2s1)(C(=O)NO)S(C)(=O)=O. The van der Waals surface area contributed by atoms with Gasteiger partial charge in [0.25, 0.3) is 5.91 Å². The van der Waals surface area contributed by atoms with E-state index in [1.165, 1.54) is 23.7 Å². The summed E-state index contributed by atoms with van der Waals surface area (Å²) in [7, 11) is -3.75. The van der Waals surface area contributed by atoms with Gasteiger partial charge in [0.05, 0.1) is 15.2 Å². The number of benzene rings is 1. The first-order valence-corrected chi connectivity index (χ1v) is 12.5. The lowest BCUT2D eigenvalue weighted by Gasteiger charge is -2.30. The quantitative estimate of drug-likeness (QED) is 0.344. The number of carbonyl (C=O) groups excluding carboxylic acids is 1. The Morgan fingerprint density at radius 2 is 2.13 bits per heavy atom.